The van der Waals surface area contributed by atoms with E-state index in [4.69, 9.17) is 11.6 Å². The molecule has 9 nitrogen and oxygen atoms in total. The molecule has 3 aromatic rings. The van der Waals surface area contributed by atoms with Crippen molar-refractivity contribution in [1.82, 2.24) is 24.8 Å². The molecule has 1 aliphatic heterocycles. The number of ketones is 1. The first-order valence-electron chi connectivity index (χ1n) is 9.94. The molecule has 1 aromatic carbocycles. The first kappa shape index (κ1) is 20.9. The van der Waals surface area contributed by atoms with Crippen LogP contribution in [0.25, 0.3) is 10.9 Å². The van der Waals surface area contributed by atoms with E-state index in [-0.39, 0.29) is 16.5 Å². The van der Waals surface area contributed by atoms with E-state index in [9.17, 15) is 14.9 Å². The number of carbonyl (C=O) groups excluding carboxylic acids is 1. The highest BCUT2D eigenvalue weighted by molar-refractivity contribution is 6.33. The molecule has 0 saturated carbocycles. The molecule has 0 aliphatic carbocycles. The van der Waals surface area contributed by atoms with E-state index in [2.05, 4.69) is 31.8 Å². The number of nitriles is 1. The third-order valence-corrected chi connectivity index (χ3v) is 5.64. The number of fused-ring (bicyclic) bond motifs is 1. The fourth-order valence-corrected chi connectivity index (χ4v) is 3.75. The molecule has 1 aliphatic rings. The topological polar surface area (TPSA) is 119 Å². The molecule has 0 radical (unpaired) electrons. The zero-order valence-electron chi connectivity index (χ0n) is 16.9. The highest BCUT2D eigenvalue weighted by Gasteiger charge is 2.29. The number of Topliss-reactive ketones (excluding diaryl/α,β-unsaturated/α-hetero) is 1. The molecule has 2 aromatic heterocycles. The van der Waals surface area contributed by atoms with Gasteiger partial charge in [-0.1, -0.05) is 30.7 Å². The van der Waals surface area contributed by atoms with E-state index >= 15 is 0 Å². The summed E-state index contributed by atoms with van der Waals surface area (Å²) in [4.78, 5) is 45.4. The monoisotopic (exact) mass is 437 g/mol. The molecule has 1 fully saturated rings. The summed E-state index contributed by atoms with van der Waals surface area (Å²) in [6.45, 7) is 6.27. The van der Waals surface area contributed by atoms with Gasteiger partial charge in [0.25, 0.3) is 5.56 Å². The second-order valence-electron chi connectivity index (χ2n) is 7.18. The standard InChI is InChI=1S/C21H20ClN7O2/c1-2-28-7-9-29(10-8-28)21-24-12-15(22)17(26-21)18(30)14(11-23)19-25-16-6-4-3-5-13(16)20(31)27-19/h3-6,12,14H,2,7-10H2,1H3,(H,25,27,31). The van der Waals surface area contributed by atoms with Crippen molar-refractivity contribution in [3.8, 4) is 6.07 Å². The molecule has 10 heteroatoms. The maximum atomic E-state index is 13.2. The minimum absolute atomic E-state index is 0.0380. The largest absolute Gasteiger partial charge is 0.338 e. The lowest BCUT2D eigenvalue weighted by Gasteiger charge is -2.34. The highest BCUT2D eigenvalue weighted by Crippen LogP contribution is 2.24. The van der Waals surface area contributed by atoms with Crippen LogP contribution in [0.4, 0.5) is 5.95 Å². The van der Waals surface area contributed by atoms with Gasteiger partial charge in [-0.3, -0.25) is 9.59 Å². The number of nitrogens with one attached hydrogen (secondary N) is 1. The van der Waals surface area contributed by atoms with Crippen molar-refractivity contribution >= 4 is 34.2 Å². The Hall–Kier alpha value is -3.35. The highest BCUT2D eigenvalue weighted by atomic mass is 35.5. The Bertz CT molecular complexity index is 1230. The molecule has 1 unspecified atom stereocenters. The molecule has 4 rings (SSSR count). The minimum Gasteiger partial charge on any atom is -0.338 e. The third-order valence-electron chi connectivity index (χ3n) is 5.36. The van der Waals surface area contributed by atoms with Crippen molar-refractivity contribution in [2.24, 2.45) is 0 Å². The van der Waals surface area contributed by atoms with Crippen LogP contribution < -0.4 is 10.5 Å². The molecule has 0 amide bonds. The van der Waals surface area contributed by atoms with Crippen LogP contribution in [0.2, 0.25) is 5.02 Å². The molecule has 158 valence electrons. The summed E-state index contributed by atoms with van der Waals surface area (Å²) >= 11 is 6.22. The van der Waals surface area contributed by atoms with Crippen LogP contribution in [-0.2, 0) is 0 Å². The van der Waals surface area contributed by atoms with Gasteiger partial charge in [-0.05, 0) is 18.7 Å². The van der Waals surface area contributed by atoms with Crippen LogP contribution in [0, 0.1) is 11.3 Å². The number of hydrogen-bond donors (Lipinski definition) is 1. The van der Waals surface area contributed by atoms with Crippen LogP contribution in [0.5, 0.6) is 0 Å². The molecular weight excluding hydrogens is 418 g/mol. The second kappa shape index (κ2) is 8.79. The molecule has 1 atom stereocenters. The molecule has 0 bridgehead atoms. The molecule has 31 heavy (non-hydrogen) atoms. The van der Waals surface area contributed by atoms with Crippen LogP contribution in [0.3, 0.4) is 0 Å². The third kappa shape index (κ3) is 4.13. The molecule has 0 spiro atoms. The number of carbonyl (C=O) groups is 1. The number of anilines is 1. The van der Waals surface area contributed by atoms with Crippen molar-refractivity contribution in [2.45, 2.75) is 12.8 Å². The average Bonchev–Trinajstić information content (AvgIpc) is 2.80. The Labute approximate surface area is 183 Å². The van der Waals surface area contributed by atoms with E-state index in [0.717, 1.165) is 32.7 Å². The Kier molecular flexibility index (Phi) is 5.93. The molecule has 1 N–H and O–H groups in total. The number of benzene rings is 1. The number of H-pyrrole nitrogens is 1. The van der Waals surface area contributed by atoms with Gasteiger partial charge in [0.15, 0.2) is 5.92 Å². The summed E-state index contributed by atoms with van der Waals surface area (Å²) in [5.41, 5.74) is -0.0820. The zero-order chi connectivity index (χ0) is 22.0. The number of nitrogens with zero attached hydrogens (tertiary/aromatic N) is 6. The van der Waals surface area contributed by atoms with E-state index < -0.39 is 17.3 Å². The van der Waals surface area contributed by atoms with E-state index in [0.29, 0.717) is 16.9 Å². The van der Waals surface area contributed by atoms with Crippen LogP contribution in [-0.4, -0.2) is 63.3 Å². The number of rotatable bonds is 5. The van der Waals surface area contributed by atoms with Gasteiger partial charge in [-0.2, -0.15) is 5.26 Å². The minimum atomic E-state index is -1.35. The van der Waals surface area contributed by atoms with Gasteiger partial charge < -0.3 is 14.8 Å². The lowest BCUT2D eigenvalue weighted by Crippen LogP contribution is -2.46. The Balaban J connectivity index is 1.67. The van der Waals surface area contributed by atoms with Gasteiger partial charge in [0.2, 0.25) is 11.7 Å². The van der Waals surface area contributed by atoms with Crippen molar-refractivity contribution in [1.29, 1.82) is 5.26 Å². The van der Waals surface area contributed by atoms with Gasteiger partial charge >= 0.3 is 0 Å². The van der Waals surface area contributed by atoms with Crippen molar-refractivity contribution in [3.05, 3.63) is 57.4 Å². The van der Waals surface area contributed by atoms with E-state index in [1.807, 2.05) is 11.0 Å². The quantitative estimate of drug-likeness (QED) is 0.602. The van der Waals surface area contributed by atoms with Gasteiger partial charge in [0, 0.05) is 26.2 Å². The van der Waals surface area contributed by atoms with Crippen LogP contribution in [0.15, 0.2) is 35.3 Å². The number of aromatic nitrogens is 4. The van der Waals surface area contributed by atoms with E-state index in [1.54, 1.807) is 24.3 Å². The Morgan fingerprint density at radius 3 is 2.71 bits per heavy atom. The normalized spacial score (nSPS) is 15.6. The lowest BCUT2D eigenvalue weighted by atomic mass is 10.0. The zero-order valence-corrected chi connectivity index (χ0v) is 17.6. The fourth-order valence-electron chi connectivity index (χ4n) is 3.57. The summed E-state index contributed by atoms with van der Waals surface area (Å²) in [6.07, 6.45) is 1.37. The summed E-state index contributed by atoms with van der Waals surface area (Å²) in [6, 6.07) is 8.65. The maximum absolute atomic E-state index is 13.2. The maximum Gasteiger partial charge on any atom is 0.258 e. The lowest BCUT2D eigenvalue weighted by molar-refractivity contribution is 0.0971. The Morgan fingerprint density at radius 2 is 2.00 bits per heavy atom. The van der Waals surface area contributed by atoms with Crippen molar-refractivity contribution in [2.75, 3.05) is 37.6 Å². The number of aromatic amines is 1. The smallest absolute Gasteiger partial charge is 0.258 e. The summed E-state index contributed by atoms with van der Waals surface area (Å²) < 4.78 is 0. The van der Waals surface area contributed by atoms with Crippen LogP contribution >= 0.6 is 11.6 Å². The summed E-state index contributed by atoms with van der Waals surface area (Å²) in [5.74, 6) is -1.64. The number of piperazine rings is 1. The van der Waals surface area contributed by atoms with Crippen LogP contribution in [0.1, 0.15) is 29.2 Å². The molecule has 1 saturated heterocycles. The molecule has 3 heterocycles. The predicted molar refractivity (Wildman–Crippen MR) is 116 cm³/mol. The first-order valence-corrected chi connectivity index (χ1v) is 10.3. The number of para-hydroxylation sites is 1. The van der Waals surface area contributed by atoms with Gasteiger partial charge in [-0.25, -0.2) is 15.0 Å². The van der Waals surface area contributed by atoms with Crippen molar-refractivity contribution in [3.63, 3.8) is 0 Å². The summed E-state index contributed by atoms with van der Waals surface area (Å²) in [5, 5.41) is 10.1. The number of hydrogen-bond acceptors (Lipinski definition) is 8. The number of halogens is 1. The summed E-state index contributed by atoms with van der Waals surface area (Å²) in [7, 11) is 0. The fraction of sp³-hybridized carbons (Fsp3) is 0.333. The first-order chi connectivity index (χ1) is 15.0. The predicted octanol–water partition coefficient (Wildman–Crippen LogP) is 2.00. The van der Waals surface area contributed by atoms with Gasteiger partial charge in [-0.15, -0.1) is 0 Å². The average molecular weight is 438 g/mol. The SMILES string of the molecule is CCN1CCN(c2ncc(Cl)c(C(=O)C(C#N)c3nc4ccccc4c(=O)[nH]3)n2)CC1. The van der Waals surface area contributed by atoms with Gasteiger partial charge in [0.1, 0.15) is 11.5 Å². The van der Waals surface area contributed by atoms with Crippen molar-refractivity contribution < 1.29 is 4.79 Å². The second-order valence-corrected chi connectivity index (χ2v) is 7.59. The van der Waals surface area contributed by atoms with E-state index in [1.165, 1.54) is 6.20 Å². The van der Waals surface area contributed by atoms with Gasteiger partial charge in [0.05, 0.1) is 28.2 Å². The Morgan fingerprint density at radius 1 is 1.26 bits per heavy atom. The number of likely N-dealkylation sites (N-methyl/N-ethyl adjacent to an activating group) is 1. The molecular formula is C21H20ClN7O2.